The van der Waals surface area contributed by atoms with Gasteiger partial charge in [0, 0.05) is 7.11 Å². The molecule has 0 fully saturated rings. The third-order valence-electron chi connectivity index (χ3n) is 3.40. The smallest absolute Gasteiger partial charge is 0.165 e. The summed E-state index contributed by atoms with van der Waals surface area (Å²) in [5, 5.41) is 10.5. The van der Waals surface area contributed by atoms with Crippen LogP contribution >= 0.6 is 0 Å². The first-order valence-electron chi connectivity index (χ1n) is 5.38. The number of rotatable bonds is 4. The van der Waals surface area contributed by atoms with Crippen LogP contribution in [0.2, 0.25) is 0 Å². The first-order valence-corrected chi connectivity index (χ1v) is 5.38. The summed E-state index contributed by atoms with van der Waals surface area (Å²) in [5.41, 5.74) is -1.68. The molecule has 1 N–H and O–H groups in total. The Hall–Kier alpha value is -1.13. The van der Waals surface area contributed by atoms with Gasteiger partial charge in [0.25, 0.3) is 0 Å². The van der Waals surface area contributed by atoms with Crippen molar-refractivity contribution in [2.75, 3.05) is 14.2 Å². The lowest BCUT2D eigenvalue weighted by Gasteiger charge is -2.39. The Morgan fingerprint density at radius 3 is 2.18 bits per heavy atom. The largest absolute Gasteiger partial charge is 0.494 e. The standard InChI is InChI=1S/C13H19FO3/c1-12(2,17-5)13(3,15)9-6-7-11(16-4)10(14)8-9/h6-8,15H,1-5H3. The van der Waals surface area contributed by atoms with E-state index in [0.29, 0.717) is 5.56 Å². The quantitative estimate of drug-likeness (QED) is 0.881. The van der Waals surface area contributed by atoms with Crippen molar-refractivity contribution in [2.45, 2.75) is 32.0 Å². The number of halogens is 1. The van der Waals surface area contributed by atoms with Crippen molar-refractivity contribution < 1.29 is 19.0 Å². The molecule has 0 aromatic heterocycles. The Labute approximate surface area is 101 Å². The average Bonchev–Trinajstić information content (AvgIpc) is 2.28. The van der Waals surface area contributed by atoms with Crippen molar-refractivity contribution in [3.8, 4) is 5.75 Å². The summed E-state index contributed by atoms with van der Waals surface area (Å²) in [4.78, 5) is 0. The van der Waals surface area contributed by atoms with E-state index in [1.54, 1.807) is 26.8 Å². The van der Waals surface area contributed by atoms with Gasteiger partial charge in [-0.25, -0.2) is 4.39 Å². The van der Waals surface area contributed by atoms with E-state index in [1.165, 1.54) is 26.4 Å². The minimum Gasteiger partial charge on any atom is -0.494 e. The predicted octanol–water partition coefficient (Wildman–Crippen LogP) is 2.47. The molecule has 0 aliphatic heterocycles. The summed E-state index contributed by atoms with van der Waals surface area (Å²) in [6, 6.07) is 4.38. The van der Waals surface area contributed by atoms with Crippen molar-refractivity contribution in [2.24, 2.45) is 0 Å². The van der Waals surface area contributed by atoms with Crippen LogP contribution in [0.5, 0.6) is 5.75 Å². The number of hydrogen-bond acceptors (Lipinski definition) is 3. The van der Waals surface area contributed by atoms with Crippen LogP contribution in [0, 0.1) is 5.82 Å². The van der Waals surface area contributed by atoms with Gasteiger partial charge >= 0.3 is 0 Å². The number of ether oxygens (including phenoxy) is 2. The number of benzene rings is 1. The fourth-order valence-corrected chi connectivity index (χ4v) is 1.52. The monoisotopic (exact) mass is 242 g/mol. The summed E-state index contributed by atoms with van der Waals surface area (Å²) in [7, 11) is 2.91. The maximum absolute atomic E-state index is 13.6. The Bertz CT molecular complexity index is 400. The van der Waals surface area contributed by atoms with Gasteiger partial charge in [0.15, 0.2) is 11.6 Å². The van der Waals surface area contributed by atoms with Gasteiger partial charge in [0.2, 0.25) is 0 Å². The van der Waals surface area contributed by atoms with Crippen molar-refractivity contribution >= 4 is 0 Å². The topological polar surface area (TPSA) is 38.7 Å². The van der Waals surface area contributed by atoms with Gasteiger partial charge < -0.3 is 14.6 Å². The highest BCUT2D eigenvalue weighted by atomic mass is 19.1. The lowest BCUT2D eigenvalue weighted by atomic mass is 9.81. The molecule has 0 aliphatic rings. The second-order valence-electron chi connectivity index (χ2n) is 4.64. The molecule has 1 aromatic carbocycles. The minimum absolute atomic E-state index is 0.153. The molecule has 1 rings (SSSR count). The normalized spacial score (nSPS) is 15.5. The second kappa shape index (κ2) is 4.63. The van der Waals surface area contributed by atoms with Crippen LogP contribution in [0.15, 0.2) is 18.2 Å². The van der Waals surface area contributed by atoms with E-state index >= 15 is 0 Å². The van der Waals surface area contributed by atoms with Gasteiger partial charge in [-0.3, -0.25) is 0 Å². The summed E-state index contributed by atoms with van der Waals surface area (Å²) in [6.45, 7) is 5.09. The average molecular weight is 242 g/mol. The maximum Gasteiger partial charge on any atom is 0.165 e. The van der Waals surface area contributed by atoms with Crippen LogP contribution in [0.4, 0.5) is 4.39 Å². The molecule has 0 amide bonds. The predicted molar refractivity (Wildman–Crippen MR) is 63.6 cm³/mol. The molecule has 4 heteroatoms. The fourth-order valence-electron chi connectivity index (χ4n) is 1.52. The van der Waals surface area contributed by atoms with E-state index in [-0.39, 0.29) is 5.75 Å². The molecular formula is C13H19FO3. The molecule has 1 aromatic rings. The molecule has 96 valence electrons. The zero-order chi connectivity index (χ0) is 13.3. The molecule has 0 spiro atoms. The molecule has 0 bridgehead atoms. The van der Waals surface area contributed by atoms with Gasteiger partial charge in [-0.15, -0.1) is 0 Å². The molecular weight excluding hydrogens is 223 g/mol. The molecule has 1 atom stereocenters. The highest BCUT2D eigenvalue weighted by molar-refractivity contribution is 5.33. The molecule has 1 unspecified atom stereocenters. The lowest BCUT2D eigenvalue weighted by molar-refractivity contribution is -0.145. The summed E-state index contributed by atoms with van der Waals surface area (Å²) in [6.07, 6.45) is 0. The zero-order valence-corrected chi connectivity index (χ0v) is 10.9. The SMILES string of the molecule is COc1ccc(C(C)(O)C(C)(C)OC)cc1F. The zero-order valence-electron chi connectivity index (χ0n) is 10.9. The maximum atomic E-state index is 13.6. The first kappa shape index (κ1) is 13.9. The van der Waals surface area contributed by atoms with Gasteiger partial charge in [0.05, 0.1) is 12.7 Å². The van der Waals surface area contributed by atoms with Crippen LogP contribution < -0.4 is 4.74 Å². The van der Waals surface area contributed by atoms with Gasteiger partial charge in [-0.05, 0) is 38.5 Å². The molecule has 0 saturated heterocycles. The van der Waals surface area contributed by atoms with Crippen LogP contribution in [-0.4, -0.2) is 24.9 Å². The first-order chi connectivity index (χ1) is 7.76. The number of methoxy groups -OCH3 is 2. The molecule has 0 heterocycles. The minimum atomic E-state index is -1.30. The third kappa shape index (κ3) is 2.42. The summed E-state index contributed by atoms with van der Waals surface area (Å²) < 4.78 is 23.7. The second-order valence-corrected chi connectivity index (χ2v) is 4.64. The van der Waals surface area contributed by atoms with E-state index in [9.17, 15) is 9.50 Å². The fraction of sp³-hybridized carbons (Fsp3) is 0.538. The van der Waals surface area contributed by atoms with E-state index in [2.05, 4.69) is 0 Å². The van der Waals surface area contributed by atoms with E-state index in [4.69, 9.17) is 9.47 Å². The molecule has 17 heavy (non-hydrogen) atoms. The molecule has 0 radical (unpaired) electrons. The molecule has 3 nitrogen and oxygen atoms in total. The van der Waals surface area contributed by atoms with Crippen molar-refractivity contribution in [1.82, 2.24) is 0 Å². The Morgan fingerprint density at radius 2 is 1.76 bits per heavy atom. The highest BCUT2D eigenvalue weighted by Gasteiger charge is 2.41. The van der Waals surface area contributed by atoms with Crippen LogP contribution in [0.25, 0.3) is 0 Å². The summed E-state index contributed by atoms with van der Waals surface area (Å²) in [5.74, 6) is -0.350. The van der Waals surface area contributed by atoms with Crippen LogP contribution in [0.1, 0.15) is 26.3 Å². The van der Waals surface area contributed by atoms with E-state index < -0.39 is 17.0 Å². The molecule has 0 saturated carbocycles. The molecule has 0 aliphatic carbocycles. The Balaban J connectivity index is 3.20. The Kier molecular flexibility index (Phi) is 3.79. The van der Waals surface area contributed by atoms with E-state index in [0.717, 1.165) is 0 Å². The van der Waals surface area contributed by atoms with Crippen molar-refractivity contribution in [3.63, 3.8) is 0 Å². The van der Waals surface area contributed by atoms with Gasteiger partial charge in [-0.2, -0.15) is 0 Å². The van der Waals surface area contributed by atoms with Crippen LogP contribution in [0.3, 0.4) is 0 Å². The van der Waals surface area contributed by atoms with Crippen molar-refractivity contribution in [3.05, 3.63) is 29.6 Å². The number of hydrogen-bond donors (Lipinski definition) is 1. The third-order valence-corrected chi connectivity index (χ3v) is 3.40. The highest BCUT2D eigenvalue weighted by Crippen LogP contribution is 2.36. The van der Waals surface area contributed by atoms with E-state index in [1.807, 2.05) is 0 Å². The van der Waals surface area contributed by atoms with Crippen LogP contribution in [-0.2, 0) is 10.3 Å². The van der Waals surface area contributed by atoms with Gasteiger partial charge in [-0.1, -0.05) is 6.07 Å². The van der Waals surface area contributed by atoms with Crippen molar-refractivity contribution in [1.29, 1.82) is 0 Å². The Morgan fingerprint density at radius 1 is 1.18 bits per heavy atom. The summed E-state index contributed by atoms with van der Waals surface area (Å²) >= 11 is 0. The van der Waals surface area contributed by atoms with Gasteiger partial charge in [0.1, 0.15) is 5.60 Å². The lowest BCUT2D eigenvalue weighted by Crippen LogP contribution is -2.46. The number of aliphatic hydroxyl groups is 1.